The lowest BCUT2D eigenvalue weighted by atomic mass is 10.5. The number of hydrogen-bond acceptors (Lipinski definition) is 2. The predicted octanol–water partition coefficient (Wildman–Crippen LogP) is 3.13. The van der Waals surface area contributed by atoms with Crippen LogP contribution in [0.5, 0.6) is 0 Å². The minimum atomic E-state index is -1.36. The van der Waals surface area contributed by atoms with E-state index in [1.165, 1.54) is 0 Å². The molecule has 0 aromatic heterocycles. The maximum absolute atomic E-state index is 5.77. The van der Waals surface area contributed by atoms with Crippen molar-refractivity contribution in [2.75, 3.05) is 6.61 Å². The normalized spacial score (nSPS) is 14.8. The van der Waals surface area contributed by atoms with Gasteiger partial charge in [-0.1, -0.05) is 0 Å². The predicted molar refractivity (Wildman–Crippen MR) is 65.8 cm³/mol. The first-order chi connectivity index (χ1) is 5.60. The van der Waals surface area contributed by atoms with E-state index in [9.17, 15) is 0 Å². The molecule has 0 bridgehead atoms. The lowest BCUT2D eigenvalue weighted by Crippen LogP contribution is -2.29. The molecular weight excluding hydrogens is 194 g/mol. The Labute approximate surface area is 84.6 Å². The Morgan fingerprint density at radius 2 is 1.54 bits per heavy atom. The summed E-state index contributed by atoms with van der Waals surface area (Å²) in [6.07, 6.45) is 0. The van der Waals surface area contributed by atoms with Gasteiger partial charge in [0.15, 0.2) is 16.6 Å². The van der Waals surface area contributed by atoms with Crippen LogP contribution in [0.15, 0.2) is 4.66 Å². The van der Waals surface area contributed by atoms with E-state index >= 15 is 0 Å². The van der Waals surface area contributed by atoms with Crippen LogP contribution in [0.4, 0.5) is 0 Å². The summed E-state index contributed by atoms with van der Waals surface area (Å²) in [5.41, 5.74) is 1.15. The van der Waals surface area contributed by atoms with Crippen molar-refractivity contribution in [2.45, 2.75) is 46.2 Å². The molecule has 0 aliphatic carbocycles. The van der Waals surface area contributed by atoms with E-state index in [0.29, 0.717) is 0 Å². The van der Waals surface area contributed by atoms with Gasteiger partial charge in [0.1, 0.15) is 0 Å². The lowest BCUT2D eigenvalue weighted by molar-refractivity contribution is 0.371. The second kappa shape index (κ2) is 4.53. The summed E-state index contributed by atoms with van der Waals surface area (Å²) >= 11 is 0. The summed E-state index contributed by atoms with van der Waals surface area (Å²) in [4.78, 5) is 0. The second-order valence-corrected chi connectivity index (χ2v) is 14.5. The van der Waals surface area contributed by atoms with Gasteiger partial charge in [0.05, 0.1) is 6.61 Å². The standard InChI is InChI=1S/C9H23NOSi2/c1-9(10-12(2,3)4)8-11-13(5,6)7/h8H2,1-7H3. The Morgan fingerprint density at radius 3 is 1.85 bits per heavy atom. The van der Waals surface area contributed by atoms with Crippen LogP contribution in [0.2, 0.25) is 39.3 Å². The minimum absolute atomic E-state index is 0.722. The third kappa shape index (κ3) is 9.98. The Morgan fingerprint density at radius 1 is 1.08 bits per heavy atom. The summed E-state index contributed by atoms with van der Waals surface area (Å²) in [5.74, 6) is 0. The van der Waals surface area contributed by atoms with Crippen LogP contribution in [0.25, 0.3) is 0 Å². The molecule has 0 rings (SSSR count). The van der Waals surface area contributed by atoms with E-state index in [0.717, 1.165) is 12.3 Å². The molecule has 4 heteroatoms. The zero-order chi connectivity index (χ0) is 10.7. The highest BCUT2D eigenvalue weighted by molar-refractivity contribution is 6.75. The van der Waals surface area contributed by atoms with E-state index < -0.39 is 16.6 Å². The number of hydrogen-bond donors (Lipinski definition) is 0. The summed E-state index contributed by atoms with van der Waals surface area (Å²) < 4.78 is 10.4. The maximum Gasteiger partial charge on any atom is 0.184 e. The zero-order valence-electron chi connectivity index (χ0n) is 10.1. The molecule has 78 valence electrons. The van der Waals surface area contributed by atoms with E-state index in [1.807, 2.05) is 0 Å². The molecule has 0 amide bonds. The highest BCUT2D eigenvalue weighted by Gasteiger charge is 2.16. The van der Waals surface area contributed by atoms with Crippen molar-refractivity contribution in [1.82, 2.24) is 0 Å². The van der Waals surface area contributed by atoms with Crippen molar-refractivity contribution in [2.24, 2.45) is 4.66 Å². The molecule has 13 heavy (non-hydrogen) atoms. The molecule has 0 aliphatic heterocycles. The van der Waals surface area contributed by atoms with Gasteiger partial charge in [0, 0.05) is 5.71 Å². The van der Waals surface area contributed by atoms with Crippen molar-refractivity contribution < 1.29 is 4.43 Å². The molecule has 0 saturated carbocycles. The molecule has 2 nitrogen and oxygen atoms in total. The SMILES string of the molecule is CC(CO[Si](C)(C)C)=N[Si](C)(C)C. The Kier molecular flexibility index (Phi) is 4.55. The third-order valence-electron chi connectivity index (χ3n) is 1.24. The summed E-state index contributed by atoms with van der Waals surface area (Å²) in [7, 11) is -2.65. The second-order valence-electron chi connectivity index (χ2n) is 5.42. The average molecular weight is 217 g/mol. The van der Waals surface area contributed by atoms with Crippen LogP contribution in [0.1, 0.15) is 6.92 Å². The van der Waals surface area contributed by atoms with Gasteiger partial charge in [0.2, 0.25) is 0 Å². The van der Waals surface area contributed by atoms with Crippen LogP contribution < -0.4 is 0 Å². The molecular formula is C9H23NOSi2. The monoisotopic (exact) mass is 217 g/mol. The van der Waals surface area contributed by atoms with Gasteiger partial charge < -0.3 is 9.08 Å². The molecule has 0 aromatic carbocycles. The smallest absolute Gasteiger partial charge is 0.184 e. The van der Waals surface area contributed by atoms with Gasteiger partial charge in [-0.25, -0.2) is 0 Å². The molecule has 0 N–H and O–H groups in total. The van der Waals surface area contributed by atoms with Crippen LogP contribution in [0.3, 0.4) is 0 Å². The third-order valence-corrected chi connectivity index (χ3v) is 3.30. The van der Waals surface area contributed by atoms with Gasteiger partial charge in [-0.2, -0.15) is 0 Å². The molecule has 0 saturated heterocycles. The minimum Gasteiger partial charge on any atom is -0.412 e. The van der Waals surface area contributed by atoms with Crippen molar-refractivity contribution in [1.29, 1.82) is 0 Å². The first kappa shape index (κ1) is 13.1. The van der Waals surface area contributed by atoms with E-state index in [4.69, 9.17) is 4.43 Å². The Balaban J connectivity index is 4.02. The Bertz CT molecular complexity index is 189. The van der Waals surface area contributed by atoms with Crippen molar-refractivity contribution in [3.63, 3.8) is 0 Å². The summed E-state index contributed by atoms with van der Waals surface area (Å²) in [6, 6.07) is 0. The fourth-order valence-corrected chi connectivity index (χ4v) is 2.78. The number of nitrogens with zero attached hydrogens (tertiary/aromatic N) is 1. The lowest BCUT2D eigenvalue weighted by Gasteiger charge is -2.18. The van der Waals surface area contributed by atoms with E-state index in [2.05, 4.69) is 50.9 Å². The van der Waals surface area contributed by atoms with Gasteiger partial charge in [-0.3, -0.25) is 0 Å². The molecule has 0 aliphatic rings. The van der Waals surface area contributed by atoms with Crippen LogP contribution in [0, 0.1) is 0 Å². The highest BCUT2D eigenvalue weighted by Crippen LogP contribution is 2.05. The number of rotatable bonds is 4. The van der Waals surface area contributed by atoms with Crippen LogP contribution in [-0.4, -0.2) is 28.9 Å². The van der Waals surface area contributed by atoms with Crippen molar-refractivity contribution in [3.05, 3.63) is 0 Å². The first-order valence-electron chi connectivity index (χ1n) is 4.79. The molecule has 0 fully saturated rings. The zero-order valence-corrected chi connectivity index (χ0v) is 12.1. The fraction of sp³-hybridized carbons (Fsp3) is 0.889. The molecule has 0 aromatic rings. The van der Waals surface area contributed by atoms with Crippen LogP contribution >= 0.6 is 0 Å². The van der Waals surface area contributed by atoms with Crippen molar-refractivity contribution in [3.8, 4) is 0 Å². The van der Waals surface area contributed by atoms with E-state index in [-0.39, 0.29) is 0 Å². The maximum atomic E-state index is 5.77. The van der Waals surface area contributed by atoms with Gasteiger partial charge in [-0.05, 0) is 46.2 Å². The highest BCUT2D eigenvalue weighted by atomic mass is 28.4. The van der Waals surface area contributed by atoms with Gasteiger partial charge in [-0.15, -0.1) is 0 Å². The van der Waals surface area contributed by atoms with Crippen molar-refractivity contribution >= 4 is 22.3 Å². The summed E-state index contributed by atoms with van der Waals surface area (Å²) in [5, 5.41) is 0. The van der Waals surface area contributed by atoms with Crippen LogP contribution in [-0.2, 0) is 4.43 Å². The van der Waals surface area contributed by atoms with E-state index in [1.54, 1.807) is 0 Å². The topological polar surface area (TPSA) is 21.6 Å². The molecule has 0 heterocycles. The molecule has 0 radical (unpaired) electrons. The molecule has 0 spiro atoms. The van der Waals surface area contributed by atoms with Gasteiger partial charge >= 0.3 is 0 Å². The fourth-order valence-electron chi connectivity index (χ4n) is 0.926. The Hall–Kier alpha value is 0.0638. The first-order valence-corrected chi connectivity index (χ1v) is 11.6. The largest absolute Gasteiger partial charge is 0.412 e. The average Bonchev–Trinajstić information content (AvgIpc) is 1.78. The van der Waals surface area contributed by atoms with Gasteiger partial charge in [0.25, 0.3) is 0 Å². The quantitative estimate of drug-likeness (QED) is 0.524. The summed E-state index contributed by atoms with van der Waals surface area (Å²) in [6.45, 7) is 16.1. The molecule has 0 unspecified atom stereocenters. The molecule has 0 atom stereocenters.